The highest BCUT2D eigenvalue weighted by molar-refractivity contribution is 5.76. The second kappa shape index (κ2) is 33.8. The summed E-state index contributed by atoms with van der Waals surface area (Å²) in [5, 5.41) is 22.9. The molecule has 0 saturated carbocycles. The van der Waals surface area contributed by atoms with E-state index in [0.717, 1.165) is 51.4 Å². The summed E-state index contributed by atoms with van der Waals surface area (Å²) < 4.78 is 0. The zero-order valence-electron chi connectivity index (χ0n) is 27.8. The lowest BCUT2D eigenvalue weighted by atomic mass is 10.0. The number of hydrogen-bond acceptors (Lipinski definition) is 3. The van der Waals surface area contributed by atoms with Crippen LogP contribution in [0.1, 0.15) is 168 Å². The van der Waals surface area contributed by atoms with Gasteiger partial charge in [0, 0.05) is 6.42 Å². The van der Waals surface area contributed by atoms with Crippen molar-refractivity contribution < 1.29 is 15.0 Å². The Balaban J connectivity index is 3.59. The van der Waals surface area contributed by atoms with Gasteiger partial charge in [-0.1, -0.05) is 159 Å². The molecule has 0 spiro atoms. The van der Waals surface area contributed by atoms with Crippen LogP contribution in [0, 0.1) is 0 Å². The number of aliphatic hydroxyl groups excluding tert-OH is 2. The first-order chi connectivity index (χ1) is 20.7. The first-order valence-electron chi connectivity index (χ1n) is 17.8. The maximum Gasteiger partial charge on any atom is 0.220 e. The van der Waals surface area contributed by atoms with Crippen molar-refractivity contribution in [1.29, 1.82) is 0 Å². The number of hydrogen-bond donors (Lipinski definition) is 3. The van der Waals surface area contributed by atoms with Crippen molar-refractivity contribution in [2.24, 2.45) is 0 Å². The van der Waals surface area contributed by atoms with Gasteiger partial charge in [-0.05, 0) is 51.4 Å². The summed E-state index contributed by atoms with van der Waals surface area (Å²) in [7, 11) is 0. The third kappa shape index (κ3) is 29.8. The molecular weight excluding hydrogens is 518 g/mol. The molecule has 244 valence electrons. The summed E-state index contributed by atoms with van der Waals surface area (Å²) in [6, 6.07) is -0.539. The molecule has 4 heteroatoms. The molecule has 1 amide bonds. The third-order valence-corrected chi connectivity index (χ3v) is 7.85. The molecule has 0 aliphatic rings. The Morgan fingerprint density at radius 1 is 0.595 bits per heavy atom. The Bertz CT molecular complexity index is 682. The SMILES string of the molecule is CC/C=C\C/C=C\C/C=C\C/C=C\CCCCCCCCCCC(=O)NC(CO)C(O)CCCCCCCCCCC. The van der Waals surface area contributed by atoms with Gasteiger partial charge in [-0.2, -0.15) is 0 Å². The quantitative estimate of drug-likeness (QED) is 0.0558. The zero-order valence-corrected chi connectivity index (χ0v) is 27.8. The summed E-state index contributed by atoms with van der Waals surface area (Å²) in [4.78, 5) is 12.3. The summed E-state index contributed by atoms with van der Waals surface area (Å²) in [5.41, 5.74) is 0. The summed E-state index contributed by atoms with van der Waals surface area (Å²) in [6.07, 6.45) is 44.5. The van der Waals surface area contributed by atoms with Gasteiger partial charge >= 0.3 is 0 Å². The van der Waals surface area contributed by atoms with Crippen molar-refractivity contribution in [3.05, 3.63) is 48.6 Å². The zero-order chi connectivity index (χ0) is 30.8. The maximum absolute atomic E-state index is 12.3. The van der Waals surface area contributed by atoms with E-state index in [1.807, 2.05) is 0 Å². The van der Waals surface area contributed by atoms with Crippen molar-refractivity contribution in [3.8, 4) is 0 Å². The molecule has 0 bridgehead atoms. The summed E-state index contributed by atoms with van der Waals surface area (Å²) >= 11 is 0. The van der Waals surface area contributed by atoms with Gasteiger partial charge in [0.2, 0.25) is 5.91 Å². The van der Waals surface area contributed by atoms with Crippen molar-refractivity contribution in [2.75, 3.05) is 6.61 Å². The van der Waals surface area contributed by atoms with Gasteiger partial charge in [-0.25, -0.2) is 0 Å². The van der Waals surface area contributed by atoms with E-state index in [9.17, 15) is 15.0 Å². The van der Waals surface area contributed by atoms with Crippen LogP contribution in [-0.4, -0.2) is 34.9 Å². The molecular formula is C38H69NO3. The van der Waals surface area contributed by atoms with Crippen LogP contribution in [0.25, 0.3) is 0 Å². The standard InChI is InChI=1S/C38H69NO3/c1-3-5-7-9-11-13-14-15-16-17-18-19-20-21-22-23-24-26-28-30-32-34-38(42)39-36(35-40)37(41)33-31-29-27-25-12-10-8-6-4-2/h5,7,11,13,15-16,18-19,36-37,40-41H,3-4,6,8-10,12,14,17,20-35H2,1-2H3,(H,39,42)/b7-5-,13-11-,16-15-,19-18-. The highest BCUT2D eigenvalue weighted by Crippen LogP contribution is 2.14. The van der Waals surface area contributed by atoms with Crippen LogP contribution in [0.4, 0.5) is 0 Å². The lowest BCUT2D eigenvalue weighted by Gasteiger charge is -2.22. The van der Waals surface area contributed by atoms with E-state index < -0.39 is 12.1 Å². The minimum atomic E-state index is -0.661. The van der Waals surface area contributed by atoms with Crippen molar-refractivity contribution in [2.45, 2.75) is 180 Å². The second-order valence-electron chi connectivity index (χ2n) is 11.9. The number of allylic oxidation sites excluding steroid dienone is 8. The lowest BCUT2D eigenvalue weighted by Crippen LogP contribution is -2.45. The Morgan fingerprint density at radius 2 is 1.05 bits per heavy atom. The third-order valence-electron chi connectivity index (χ3n) is 7.85. The highest BCUT2D eigenvalue weighted by Gasteiger charge is 2.19. The molecule has 0 fully saturated rings. The maximum atomic E-state index is 12.3. The number of rotatable bonds is 31. The van der Waals surface area contributed by atoms with Crippen molar-refractivity contribution in [3.63, 3.8) is 0 Å². The molecule has 0 aromatic rings. The Kier molecular flexibility index (Phi) is 32.5. The van der Waals surface area contributed by atoms with Crippen LogP contribution >= 0.6 is 0 Å². The molecule has 2 unspecified atom stereocenters. The highest BCUT2D eigenvalue weighted by atomic mass is 16.3. The minimum Gasteiger partial charge on any atom is -0.394 e. The van der Waals surface area contributed by atoms with Gasteiger partial charge in [-0.3, -0.25) is 4.79 Å². The smallest absolute Gasteiger partial charge is 0.220 e. The Morgan fingerprint density at radius 3 is 1.57 bits per heavy atom. The van der Waals surface area contributed by atoms with E-state index >= 15 is 0 Å². The van der Waals surface area contributed by atoms with Gasteiger partial charge in [0.05, 0.1) is 18.8 Å². The Labute approximate surface area is 261 Å². The van der Waals surface area contributed by atoms with Crippen molar-refractivity contribution >= 4 is 5.91 Å². The number of amides is 1. The first kappa shape index (κ1) is 40.4. The van der Waals surface area contributed by atoms with Crippen LogP contribution in [0.3, 0.4) is 0 Å². The second-order valence-corrected chi connectivity index (χ2v) is 11.9. The molecule has 0 aliphatic carbocycles. The monoisotopic (exact) mass is 588 g/mol. The van der Waals surface area contributed by atoms with Gasteiger partial charge in [0.25, 0.3) is 0 Å². The number of nitrogens with one attached hydrogen (secondary N) is 1. The largest absolute Gasteiger partial charge is 0.394 e. The van der Waals surface area contributed by atoms with Gasteiger partial charge < -0.3 is 15.5 Å². The fraction of sp³-hybridized carbons (Fsp3) is 0.763. The van der Waals surface area contributed by atoms with Gasteiger partial charge in [0.15, 0.2) is 0 Å². The molecule has 42 heavy (non-hydrogen) atoms. The fourth-order valence-corrected chi connectivity index (χ4v) is 5.11. The molecule has 0 heterocycles. The average Bonchev–Trinajstić information content (AvgIpc) is 2.99. The molecule has 0 aromatic carbocycles. The average molecular weight is 588 g/mol. The lowest BCUT2D eigenvalue weighted by molar-refractivity contribution is -0.123. The Hall–Kier alpha value is -1.65. The van der Waals surface area contributed by atoms with E-state index in [4.69, 9.17) is 0 Å². The fourth-order valence-electron chi connectivity index (χ4n) is 5.11. The first-order valence-corrected chi connectivity index (χ1v) is 17.8. The van der Waals surface area contributed by atoms with E-state index in [2.05, 4.69) is 67.8 Å². The van der Waals surface area contributed by atoms with Crippen LogP contribution < -0.4 is 5.32 Å². The molecule has 0 radical (unpaired) electrons. The number of carbonyl (C=O) groups is 1. The molecule has 0 saturated heterocycles. The summed E-state index contributed by atoms with van der Waals surface area (Å²) in [5.74, 6) is -0.0453. The van der Waals surface area contributed by atoms with Crippen LogP contribution in [-0.2, 0) is 4.79 Å². The minimum absolute atomic E-state index is 0.0453. The molecule has 4 nitrogen and oxygen atoms in total. The normalized spacial score (nSPS) is 13.7. The van der Waals surface area contributed by atoms with Gasteiger partial charge in [0.1, 0.15) is 0 Å². The number of aliphatic hydroxyl groups is 2. The summed E-state index contributed by atoms with van der Waals surface area (Å²) in [6.45, 7) is 4.20. The van der Waals surface area contributed by atoms with Crippen molar-refractivity contribution in [1.82, 2.24) is 5.32 Å². The van der Waals surface area contributed by atoms with E-state index in [0.29, 0.717) is 12.8 Å². The molecule has 0 aromatic heterocycles. The number of carbonyl (C=O) groups excluding carboxylic acids is 1. The predicted octanol–water partition coefficient (Wildman–Crippen LogP) is 10.5. The van der Waals surface area contributed by atoms with E-state index in [1.54, 1.807) is 0 Å². The molecule has 0 aliphatic heterocycles. The van der Waals surface area contributed by atoms with Crippen LogP contribution in [0.5, 0.6) is 0 Å². The molecule has 2 atom stereocenters. The van der Waals surface area contributed by atoms with Gasteiger partial charge in [-0.15, -0.1) is 0 Å². The molecule has 0 rings (SSSR count). The van der Waals surface area contributed by atoms with E-state index in [1.165, 1.54) is 89.9 Å². The topological polar surface area (TPSA) is 69.6 Å². The predicted molar refractivity (Wildman–Crippen MR) is 184 cm³/mol. The molecule has 3 N–H and O–H groups in total. The number of unbranched alkanes of at least 4 members (excludes halogenated alkanes) is 16. The van der Waals surface area contributed by atoms with E-state index in [-0.39, 0.29) is 12.5 Å². The van der Waals surface area contributed by atoms with Crippen LogP contribution in [0.15, 0.2) is 48.6 Å². The van der Waals surface area contributed by atoms with Crippen LogP contribution in [0.2, 0.25) is 0 Å².